The predicted octanol–water partition coefficient (Wildman–Crippen LogP) is 5.22. The lowest BCUT2D eigenvalue weighted by atomic mass is 9.99. The van der Waals surface area contributed by atoms with Crippen LogP contribution in [0.5, 0.6) is 5.75 Å². The molecule has 0 amide bonds. The zero-order valence-corrected chi connectivity index (χ0v) is 23.2. The highest BCUT2D eigenvalue weighted by Crippen LogP contribution is 2.25. The standard InChI is InChI=1S/C24H23N3O5.C6H14O/c1-24(2,23(29)30)27-14-16(9-8-15-6-4-5-7-19(15)31-3)17-10-11-18(21-25-12-13-32-21)26-20(17)22(27)28;1-3-5-6(7)4-2/h4-7,10-14H,8-9H2,1-3H3,(H,29,30);6-7H,3-5H2,1-2H3. The van der Waals surface area contributed by atoms with Gasteiger partial charge in [0.15, 0.2) is 0 Å². The molecule has 0 bridgehead atoms. The van der Waals surface area contributed by atoms with E-state index in [1.807, 2.05) is 31.2 Å². The number of nitrogens with zero attached hydrogens (tertiary/aromatic N) is 3. The van der Waals surface area contributed by atoms with E-state index in [9.17, 15) is 14.7 Å². The van der Waals surface area contributed by atoms with Crippen molar-refractivity contribution in [1.82, 2.24) is 14.5 Å². The number of aliphatic carboxylic acids is 1. The third-order valence-corrected chi connectivity index (χ3v) is 6.67. The van der Waals surface area contributed by atoms with E-state index in [1.165, 1.54) is 30.9 Å². The summed E-state index contributed by atoms with van der Waals surface area (Å²) < 4.78 is 12.0. The van der Waals surface area contributed by atoms with Crippen LogP contribution in [0.2, 0.25) is 0 Å². The number of fused-ring (bicyclic) bond motifs is 1. The van der Waals surface area contributed by atoms with E-state index in [-0.39, 0.29) is 17.5 Å². The predicted molar refractivity (Wildman–Crippen MR) is 150 cm³/mol. The topological polar surface area (TPSA) is 128 Å². The van der Waals surface area contributed by atoms with Gasteiger partial charge in [-0.25, -0.2) is 14.8 Å². The third-order valence-electron chi connectivity index (χ3n) is 6.67. The second-order valence-corrected chi connectivity index (χ2v) is 9.79. The quantitative estimate of drug-likeness (QED) is 0.283. The molecule has 9 heteroatoms. The molecule has 39 heavy (non-hydrogen) atoms. The number of pyridine rings is 2. The summed E-state index contributed by atoms with van der Waals surface area (Å²) in [4.78, 5) is 33.8. The molecule has 0 saturated carbocycles. The van der Waals surface area contributed by atoms with Gasteiger partial charge in [-0.3, -0.25) is 9.36 Å². The molecule has 0 aliphatic carbocycles. The largest absolute Gasteiger partial charge is 0.496 e. The molecule has 4 rings (SSSR count). The molecule has 0 saturated heterocycles. The molecule has 0 aliphatic rings. The summed E-state index contributed by atoms with van der Waals surface area (Å²) in [6, 6.07) is 11.3. The minimum Gasteiger partial charge on any atom is -0.496 e. The summed E-state index contributed by atoms with van der Waals surface area (Å²) in [5.74, 6) is -0.0476. The van der Waals surface area contributed by atoms with Crippen LogP contribution in [0.4, 0.5) is 0 Å². The van der Waals surface area contributed by atoms with Crippen LogP contribution in [0, 0.1) is 0 Å². The van der Waals surface area contributed by atoms with E-state index in [2.05, 4.69) is 16.9 Å². The lowest BCUT2D eigenvalue weighted by molar-refractivity contribution is -0.145. The van der Waals surface area contributed by atoms with Gasteiger partial charge in [-0.2, -0.15) is 0 Å². The lowest BCUT2D eigenvalue weighted by Gasteiger charge is -2.24. The first-order valence-electron chi connectivity index (χ1n) is 13.1. The Balaban J connectivity index is 0.000000532. The van der Waals surface area contributed by atoms with Gasteiger partial charge in [0.05, 0.1) is 19.4 Å². The van der Waals surface area contributed by atoms with E-state index in [4.69, 9.17) is 14.3 Å². The average Bonchev–Trinajstić information content (AvgIpc) is 3.48. The Morgan fingerprint density at radius 2 is 1.85 bits per heavy atom. The maximum atomic E-state index is 13.3. The van der Waals surface area contributed by atoms with E-state index >= 15 is 0 Å². The summed E-state index contributed by atoms with van der Waals surface area (Å²) in [7, 11) is 1.62. The molecule has 1 atom stereocenters. The van der Waals surface area contributed by atoms with Crippen molar-refractivity contribution in [2.45, 2.75) is 71.4 Å². The third kappa shape index (κ3) is 6.92. The molecule has 3 heterocycles. The van der Waals surface area contributed by atoms with Gasteiger partial charge in [0.1, 0.15) is 28.8 Å². The van der Waals surface area contributed by atoms with Crippen molar-refractivity contribution in [1.29, 1.82) is 0 Å². The van der Waals surface area contributed by atoms with Gasteiger partial charge in [0.2, 0.25) is 5.89 Å². The van der Waals surface area contributed by atoms with E-state index < -0.39 is 17.1 Å². The first kappa shape index (κ1) is 29.6. The molecule has 1 unspecified atom stereocenters. The maximum absolute atomic E-state index is 13.3. The fourth-order valence-corrected chi connectivity index (χ4v) is 4.18. The van der Waals surface area contributed by atoms with Crippen molar-refractivity contribution in [3.8, 4) is 17.3 Å². The van der Waals surface area contributed by atoms with Crippen molar-refractivity contribution in [3.63, 3.8) is 0 Å². The summed E-state index contributed by atoms with van der Waals surface area (Å²) >= 11 is 0. The van der Waals surface area contributed by atoms with E-state index in [0.717, 1.165) is 36.1 Å². The Labute approximate surface area is 228 Å². The van der Waals surface area contributed by atoms with Crippen molar-refractivity contribution >= 4 is 16.9 Å². The van der Waals surface area contributed by atoms with Crippen LogP contribution in [0.15, 0.2) is 64.3 Å². The number of ether oxygens (including phenoxy) is 1. The highest BCUT2D eigenvalue weighted by atomic mass is 16.5. The molecule has 0 spiro atoms. The number of para-hydroxylation sites is 1. The van der Waals surface area contributed by atoms with Gasteiger partial charge in [-0.1, -0.05) is 38.5 Å². The first-order chi connectivity index (χ1) is 18.6. The van der Waals surface area contributed by atoms with Crippen molar-refractivity contribution in [2.24, 2.45) is 0 Å². The number of benzene rings is 1. The molecule has 1 aromatic carbocycles. The van der Waals surface area contributed by atoms with Crippen LogP contribution in [0.1, 0.15) is 58.1 Å². The number of rotatable bonds is 10. The van der Waals surface area contributed by atoms with Gasteiger partial charge in [0.25, 0.3) is 5.56 Å². The van der Waals surface area contributed by atoms with Gasteiger partial charge < -0.3 is 19.4 Å². The molecular formula is C30H37N3O6. The Morgan fingerprint density at radius 3 is 2.44 bits per heavy atom. The number of hydrogen-bond acceptors (Lipinski definition) is 7. The van der Waals surface area contributed by atoms with Gasteiger partial charge in [-0.15, -0.1) is 0 Å². The molecule has 208 valence electrons. The molecule has 0 aliphatic heterocycles. The van der Waals surface area contributed by atoms with Crippen LogP contribution in [-0.2, 0) is 23.2 Å². The molecule has 2 N–H and O–H groups in total. The number of aliphatic hydroxyl groups excluding tert-OH is 1. The van der Waals surface area contributed by atoms with Crippen LogP contribution >= 0.6 is 0 Å². The minimum absolute atomic E-state index is 0.0509. The van der Waals surface area contributed by atoms with Gasteiger partial charge >= 0.3 is 5.97 Å². The van der Waals surface area contributed by atoms with Crippen molar-refractivity contribution in [2.75, 3.05) is 7.11 Å². The van der Waals surface area contributed by atoms with Crippen molar-refractivity contribution in [3.05, 3.63) is 76.5 Å². The number of methoxy groups -OCH3 is 1. The van der Waals surface area contributed by atoms with Crippen LogP contribution in [0.25, 0.3) is 22.5 Å². The number of carboxylic acid groups (broad SMARTS) is 1. The van der Waals surface area contributed by atoms with Crippen molar-refractivity contribution < 1.29 is 24.2 Å². The Morgan fingerprint density at radius 1 is 1.13 bits per heavy atom. The monoisotopic (exact) mass is 535 g/mol. The Hall–Kier alpha value is -3.98. The number of aryl methyl sites for hydroxylation is 2. The SMILES string of the molecule is CCCC(O)CC.COc1ccccc1CCc1cn(C(C)(C)C(=O)O)c(=O)c2nc(-c3ncco3)ccc12. The molecular weight excluding hydrogens is 498 g/mol. The van der Waals surface area contributed by atoms with Crippen LogP contribution in [0.3, 0.4) is 0 Å². The Bertz CT molecular complexity index is 1440. The fraction of sp³-hybridized carbons (Fsp3) is 0.400. The lowest BCUT2D eigenvalue weighted by Crippen LogP contribution is -2.43. The van der Waals surface area contributed by atoms with Crippen LogP contribution in [-0.4, -0.2) is 43.9 Å². The molecule has 0 radical (unpaired) electrons. The summed E-state index contributed by atoms with van der Waals surface area (Å²) in [5, 5.41) is 19.3. The minimum atomic E-state index is -1.45. The van der Waals surface area contributed by atoms with Gasteiger partial charge in [-0.05, 0) is 68.9 Å². The second-order valence-electron chi connectivity index (χ2n) is 9.79. The number of carbonyl (C=O) groups is 1. The first-order valence-corrected chi connectivity index (χ1v) is 13.1. The van der Waals surface area contributed by atoms with E-state index in [0.29, 0.717) is 23.9 Å². The number of carboxylic acids is 1. The zero-order chi connectivity index (χ0) is 28.6. The normalized spacial score (nSPS) is 12.1. The van der Waals surface area contributed by atoms with Gasteiger partial charge in [0, 0.05) is 11.6 Å². The zero-order valence-electron chi connectivity index (χ0n) is 23.2. The number of aromatic nitrogens is 3. The maximum Gasteiger partial charge on any atom is 0.329 e. The number of hydrogen-bond donors (Lipinski definition) is 2. The molecule has 9 nitrogen and oxygen atoms in total. The molecule has 0 fully saturated rings. The number of oxazole rings is 1. The number of aliphatic hydroxyl groups is 1. The smallest absolute Gasteiger partial charge is 0.329 e. The molecule has 4 aromatic rings. The summed E-state index contributed by atoms with van der Waals surface area (Å²) in [5.41, 5.74) is 0.468. The fourth-order valence-electron chi connectivity index (χ4n) is 4.18. The van der Waals surface area contributed by atoms with E-state index in [1.54, 1.807) is 25.4 Å². The average molecular weight is 536 g/mol. The van der Waals surface area contributed by atoms with Crippen LogP contribution < -0.4 is 10.3 Å². The summed E-state index contributed by atoms with van der Waals surface area (Å²) in [6.45, 7) is 7.06. The molecule has 3 aromatic heterocycles. The highest BCUT2D eigenvalue weighted by molar-refractivity contribution is 5.84. The highest BCUT2D eigenvalue weighted by Gasteiger charge is 2.31. The second kappa shape index (κ2) is 13.2. The summed E-state index contributed by atoms with van der Waals surface area (Å²) in [6.07, 6.45) is 8.65. The Kier molecular flexibility index (Phi) is 10.0.